The summed E-state index contributed by atoms with van der Waals surface area (Å²) in [5, 5.41) is 3.82. The maximum absolute atomic E-state index is 5.93. The molecule has 0 aliphatic heterocycles. The summed E-state index contributed by atoms with van der Waals surface area (Å²) in [6, 6.07) is 4.16. The summed E-state index contributed by atoms with van der Waals surface area (Å²) in [6.45, 7) is 0.537. The molecule has 0 bridgehead atoms. The predicted octanol–water partition coefficient (Wildman–Crippen LogP) is 3.48. The van der Waals surface area contributed by atoms with Gasteiger partial charge in [-0.25, -0.2) is 9.98 Å². The fourth-order valence-corrected chi connectivity index (χ4v) is 2.47. The van der Waals surface area contributed by atoms with Crippen molar-refractivity contribution in [2.24, 2.45) is 10.7 Å². The van der Waals surface area contributed by atoms with E-state index >= 15 is 0 Å². The highest BCUT2D eigenvalue weighted by Crippen LogP contribution is 2.17. The summed E-state index contributed by atoms with van der Waals surface area (Å²) in [5.41, 5.74) is 6.93. The average molecular weight is 409 g/mol. The molecule has 1 aliphatic carbocycles. The van der Waals surface area contributed by atoms with Crippen LogP contribution in [-0.2, 0) is 6.54 Å². The van der Waals surface area contributed by atoms with Crippen LogP contribution in [0.2, 0.25) is 5.15 Å². The standard InChI is InChI=1S/C14H21ClN4.HI/c15-13-8-7-11(9-17-13)10-18-14(16)19-12-5-3-1-2-4-6-12;/h7-9,12H,1-6,10H2,(H3,16,18,19);1H. The molecular formula is C14H22ClIN4. The first-order valence-corrected chi connectivity index (χ1v) is 7.29. The Balaban J connectivity index is 0.00000200. The Morgan fingerprint density at radius 2 is 2.00 bits per heavy atom. The quantitative estimate of drug-likeness (QED) is 0.265. The maximum atomic E-state index is 5.93. The second-order valence-corrected chi connectivity index (χ2v) is 5.41. The zero-order valence-corrected chi connectivity index (χ0v) is 14.6. The van der Waals surface area contributed by atoms with Crippen LogP contribution in [0.15, 0.2) is 23.3 Å². The second kappa shape index (κ2) is 9.39. The molecule has 1 aromatic heterocycles. The minimum Gasteiger partial charge on any atom is -0.370 e. The lowest BCUT2D eigenvalue weighted by atomic mass is 10.1. The Morgan fingerprint density at radius 1 is 1.30 bits per heavy atom. The van der Waals surface area contributed by atoms with Crippen molar-refractivity contribution >= 4 is 41.5 Å². The SMILES string of the molecule is I.NC(=NCc1ccc(Cl)nc1)NC1CCCCCC1. The Hall–Kier alpha value is -0.560. The number of rotatable bonds is 3. The lowest BCUT2D eigenvalue weighted by Gasteiger charge is -2.16. The molecule has 0 amide bonds. The van der Waals surface area contributed by atoms with E-state index in [0.717, 1.165) is 5.56 Å². The Kier molecular flexibility index (Phi) is 8.21. The van der Waals surface area contributed by atoms with Gasteiger partial charge in [-0.15, -0.1) is 24.0 Å². The smallest absolute Gasteiger partial charge is 0.189 e. The van der Waals surface area contributed by atoms with Crippen molar-refractivity contribution in [3.05, 3.63) is 29.0 Å². The summed E-state index contributed by atoms with van der Waals surface area (Å²) < 4.78 is 0. The van der Waals surface area contributed by atoms with Crippen molar-refractivity contribution in [1.82, 2.24) is 10.3 Å². The Bertz CT molecular complexity index is 414. The van der Waals surface area contributed by atoms with E-state index < -0.39 is 0 Å². The molecule has 20 heavy (non-hydrogen) atoms. The molecule has 2 rings (SSSR count). The number of nitrogens with zero attached hydrogens (tertiary/aromatic N) is 2. The molecule has 0 aromatic carbocycles. The number of aliphatic imine (C=N–C) groups is 1. The molecule has 0 saturated heterocycles. The average Bonchev–Trinajstić information content (AvgIpc) is 2.67. The van der Waals surface area contributed by atoms with Crippen molar-refractivity contribution < 1.29 is 0 Å². The van der Waals surface area contributed by atoms with E-state index in [2.05, 4.69) is 15.3 Å². The summed E-state index contributed by atoms with van der Waals surface area (Å²) in [5.74, 6) is 0.529. The van der Waals surface area contributed by atoms with Crippen LogP contribution in [0.5, 0.6) is 0 Å². The number of guanidine groups is 1. The van der Waals surface area contributed by atoms with Crippen LogP contribution in [0.25, 0.3) is 0 Å². The molecular weight excluding hydrogens is 387 g/mol. The predicted molar refractivity (Wildman–Crippen MR) is 94.6 cm³/mol. The second-order valence-electron chi connectivity index (χ2n) is 5.02. The van der Waals surface area contributed by atoms with Crippen molar-refractivity contribution in [3.8, 4) is 0 Å². The number of aromatic nitrogens is 1. The van der Waals surface area contributed by atoms with Crippen LogP contribution in [0, 0.1) is 0 Å². The van der Waals surface area contributed by atoms with Crippen LogP contribution in [0.4, 0.5) is 0 Å². The molecule has 0 atom stereocenters. The van der Waals surface area contributed by atoms with Gasteiger partial charge in [-0.05, 0) is 24.5 Å². The van der Waals surface area contributed by atoms with E-state index in [4.69, 9.17) is 17.3 Å². The zero-order chi connectivity index (χ0) is 13.5. The van der Waals surface area contributed by atoms with E-state index in [1.165, 1.54) is 38.5 Å². The highest BCUT2D eigenvalue weighted by atomic mass is 127. The lowest BCUT2D eigenvalue weighted by Crippen LogP contribution is -2.39. The minimum atomic E-state index is 0. The van der Waals surface area contributed by atoms with Gasteiger partial charge in [-0.1, -0.05) is 43.4 Å². The normalized spacial score (nSPS) is 17.1. The van der Waals surface area contributed by atoms with Gasteiger partial charge in [0.2, 0.25) is 0 Å². The molecule has 112 valence electrons. The number of hydrogen-bond acceptors (Lipinski definition) is 2. The van der Waals surface area contributed by atoms with Crippen LogP contribution in [-0.4, -0.2) is 17.0 Å². The van der Waals surface area contributed by atoms with Crippen LogP contribution >= 0.6 is 35.6 Å². The molecule has 6 heteroatoms. The molecule has 1 saturated carbocycles. The maximum Gasteiger partial charge on any atom is 0.189 e. The molecule has 4 nitrogen and oxygen atoms in total. The van der Waals surface area contributed by atoms with E-state index in [1.807, 2.05) is 6.07 Å². The number of pyridine rings is 1. The van der Waals surface area contributed by atoms with E-state index in [-0.39, 0.29) is 24.0 Å². The Morgan fingerprint density at radius 3 is 2.60 bits per heavy atom. The Labute approximate surface area is 142 Å². The summed E-state index contributed by atoms with van der Waals surface area (Å²) in [4.78, 5) is 8.37. The first kappa shape index (κ1) is 17.5. The third-order valence-electron chi connectivity index (χ3n) is 3.43. The van der Waals surface area contributed by atoms with E-state index in [1.54, 1.807) is 12.3 Å². The molecule has 0 radical (unpaired) electrons. The van der Waals surface area contributed by atoms with Gasteiger partial charge in [0.1, 0.15) is 5.15 Å². The summed E-state index contributed by atoms with van der Waals surface area (Å²) in [6.07, 6.45) is 9.36. The van der Waals surface area contributed by atoms with Crippen molar-refractivity contribution in [2.75, 3.05) is 0 Å². The van der Waals surface area contributed by atoms with Gasteiger partial charge in [-0.3, -0.25) is 0 Å². The van der Waals surface area contributed by atoms with Crippen molar-refractivity contribution in [3.63, 3.8) is 0 Å². The molecule has 1 aliphatic rings. The van der Waals surface area contributed by atoms with E-state index in [0.29, 0.717) is 23.7 Å². The first-order valence-electron chi connectivity index (χ1n) is 6.91. The highest BCUT2D eigenvalue weighted by Gasteiger charge is 2.12. The van der Waals surface area contributed by atoms with Gasteiger partial charge >= 0.3 is 0 Å². The van der Waals surface area contributed by atoms with Crippen molar-refractivity contribution in [1.29, 1.82) is 0 Å². The number of halogens is 2. The molecule has 0 spiro atoms. The number of nitrogens with one attached hydrogen (secondary N) is 1. The lowest BCUT2D eigenvalue weighted by molar-refractivity contribution is 0.530. The van der Waals surface area contributed by atoms with Gasteiger partial charge < -0.3 is 11.1 Å². The van der Waals surface area contributed by atoms with Crippen molar-refractivity contribution in [2.45, 2.75) is 51.1 Å². The molecule has 3 N–H and O–H groups in total. The van der Waals surface area contributed by atoms with Gasteiger partial charge in [0.15, 0.2) is 5.96 Å². The molecule has 0 unspecified atom stereocenters. The molecule has 1 aromatic rings. The van der Waals surface area contributed by atoms with Crippen LogP contribution in [0.1, 0.15) is 44.1 Å². The van der Waals surface area contributed by atoms with Crippen LogP contribution in [0.3, 0.4) is 0 Å². The molecule has 1 heterocycles. The fraction of sp³-hybridized carbons (Fsp3) is 0.571. The first-order chi connectivity index (χ1) is 9.24. The minimum absolute atomic E-state index is 0. The fourth-order valence-electron chi connectivity index (χ4n) is 2.35. The zero-order valence-electron chi connectivity index (χ0n) is 11.5. The van der Waals surface area contributed by atoms with Gasteiger partial charge in [0.05, 0.1) is 6.54 Å². The molecule has 1 fully saturated rings. The number of hydrogen-bond donors (Lipinski definition) is 2. The third kappa shape index (κ3) is 6.26. The van der Waals surface area contributed by atoms with Gasteiger partial charge in [-0.2, -0.15) is 0 Å². The van der Waals surface area contributed by atoms with E-state index in [9.17, 15) is 0 Å². The number of nitrogens with two attached hydrogens (primary N) is 1. The summed E-state index contributed by atoms with van der Waals surface area (Å²) in [7, 11) is 0. The van der Waals surface area contributed by atoms with Crippen LogP contribution < -0.4 is 11.1 Å². The monoisotopic (exact) mass is 408 g/mol. The largest absolute Gasteiger partial charge is 0.370 e. The topological polar surface area (TPSA) is 63.3 Å². The third-order valence-corrected chi connectivity index (χ3v) is 3.65. The van der Waals surface area contributed by atoms with Gasteiger partial charge in [0, 0.05) is 12.2 Å². The van der Waals surface area contributed by atoms with Gasteiger partial charge in [0.25, 0.3) is 0 Å². The highest BCUT2D eigenvalue weighted by molar-refractivity contribution is 14.0. The summed E-state index contributed by atoms with van der Waals surface area (Å²) >= 11 is 5.73.